The van der Waals surface area contributed by atoms with E-state index in [0.717, 1.165) is 11.3 Å². The number of benzene rings is 2. The molecule has 0 spiro atoms. The molecule has 1 fully saturated rings. The van der Waals surface area contributed by atoms with Crippen LogP contribution in [0.25, 0.3) is 0 Å². The summed E-state index contributed by atoms with van der Waals surface area (Å²) in [5, 5.41) is 3.58. The first-order chi connectivity index (χ1) is 13.1. The zero-order valence-corrected chi connectivity index (χ0v) is 15.4. The summed E-state index contributed by atoms with van der Waals surface area (Å²) in [7, 11) is 0. The smallest absolute Gasteiger partial charge is 0.229 e. The summed E-state index contributed by atoms with van der Waals surface area (Å²) in [6, 6.07) is 12.4. The van der Waals surface area contributed by atoms with Crippen molar-refractivity contribution >= 4 is 29.1 Å². The van der Waals surface area contributed by atoms with E-state index in [2.05, 4.69) is 5.32 Å². The number of nitrogens with one attached hydrogen (secondary N) is 1. The van der Waals surface area contributed by atoms with Gasteiger partial charge in [-0.3, -0.25) is 9.59 Å². The van der Waals surface area contributed by atoms with E-state index in [0.29, 0.717) is 36.3 Å². The molecule has 2 aromatic rings. The summed E-state index contributed by atoms with van der Waals surface area (Å²) in [5.41, 5.74) is 1.63. The Kier molecular flexibility index (Phi) is 4.90. The molecule has 4 rings (SSSR count). The Balaban J connectivity index is 1.38. The number of carbonyl (C=O) groups excluding carboxylic acids is 2. The third-order valence-electron chi connectivity index (χ3n) is 4.61. The SMILES string of the molecule is O=C(Cc1ccc(Cl)cc1)N[C@H]1CC(=O)N(c2ccc3c(c2)OCCO3)C1. The van der Waals surface area contributed by atoms with Gasteiger partial charge in [0, 0.05) is 29.7 Å². The van der Waals surface area contributed by atoms with Crippen molar-refractivity contribution in [2.75, 3.05) is 24.7 Å². The van der Waals surface area contributed by atoms with E-state index in [-0.39, 0.29) is 30.7 Å². The van der Waals surface area contributed by atoms with Gasteiger partial charge in [0.2, 0.25) is 11.8 Å². The van der Waals surface area contributed by atoms with Crippen LogP contribution in [0.4, 0.5) is 5.69 Å². The fraction of sp³-hybridized carbons (Fsp3) is 0.300. The van der Waals surface area contributed by atoms with Gasteiger partial charge in [0.05, 0.1) is 12.5 Å². The highest BCUT2D eigenvalue weighted by atomic mass is 35.5. The molecule has 1 N–H and O–H groups in total. The van der Waals surface area contributed by atoms with Crippen LogP contribution < -0.4 is 19.7 Å². The zero-order chi connectivity index (χ0) is 18.8. The van der Waals surface area contributed by atoms with Crippen molar-refractivity contribution in [3.8, 4) is 11.5 Å². The van der Waals surface area contributed by atoms with Crippen molar-refractivity contribution in [3.63, 3.8) is 0 Å². The van der Waals surface area contributed by atoms with E-state index in [1.54, 1.807) is 17.0 Å². The summed E-state index contributed by atoms with van der Waals surface area (Å²) in [6.07, 6.45) is 0.534. The molecule has 2 aliphatic rings. The molecule has 0 unspecified atom stereocenters. The van der Waals surface area contributed by atoms with Gasteiger partial charge in [0.25, 0.3) is 0 Å². The normalized spacial score (nSPS) is 18.5. The van der Waals surface area contributed by atoms with Crippen molar-refractivity contribution in [1.82, 2.24) is 5.32 Å². The van der Waals surface area contributed by atoms with Crippen molar-refractivity contribution < 1.29 is 19.1 Å². The quantitative estimate of drug-likeness (QED) is 0.877. The standard InChI is InChI=1S/C20H19ClN2O4/c21-14-3-1-13(2-4-14)9-19(24)22-15-10-20(25)23(12-15)16-5-6-17-18(11-16)27-8-7-26-17/h1-6,11,15H,7-10,12H2,(H,22,24)/t15-/m0/s1. The number of amides is 2. The van der Waals surface area contributed by atoms with Gasteiger partial charge in [0.1, 0.15) is 13.2 Å². The molecule has 0 radical (unpaired) electrons. The molecule has 2 heterocycles. The summed E-state index contributed by atoms with van der Waals surface area (Å²) in [5.74, 6) is 1.19. The van der Waals surface area contributed by atoms with Crippen molar-refractivity contribution in [3.05, 3.63) is 53.1 Å². The Bertz CT molecular complexity index is 869. The van der Waals surface area contributed by atoms with E-state index in [1.807, 2.05) is 30.3 Å². The first-order valence-electron chi connectivity index (χ1n) is 8.82. The lowest BCUT2D eigenvalue weighted by Gasteiger charge is -2.22. The van der Waals surface area contributed by atoms with E-state index in [4.69, 9.17) is 21.1 Å². The molecule has 27 heavy (non-hydrogen) atoms. The second-order valence-corrected chi connectivity index (χ2v) is 7.04. The molecule has 0 bridgehead atoms. The van der Waals surface area contributed by atoms with E-state index in [9.17, 15) is 9.59 Å². The monoisotopic (exact) mass is 386 g/mol. The molecule has 7 heteroatoms. The zero-order valence-electron chi connectivity index (χ0n) is 14.6. The lowest BCUT2D eigenvalue weighted by Crippen LogP contribution is -2.38. The minimum absolute atomic E-state index is 0.0246. The van der Waals surface area contributed by atoms with Gasteiger partial charge < -0.3 is 19.7 Å². The van der Waals surface area contributed by atoms with Crippen LogP contribution in [0.2, 0.25) is 5.02 Å². The maximum atomic E-state index is 12.4. The predicted molar refractivity (Wildman–Crippen MR) is 101 cm³/mol. The number of hydrogen-bond donors (Lipinski definition) is 1. The predicted octanol–water partition coefficient (Wildman–Crippen LogP) is 2.58. The lowest BCUT2D eigenvalue weighted by atomic mass is 10.1. The summed E-state index contributed by atoms with van der Waals surface area (Å²) in [6.45, 7) is 1.45. The maximum Gasteiger partial charge on any atom is 0.229 e. The minimum atomic E-state index is -0.217. The number of hydrogen-bond acceptors (Lipinski definition) is 4. The lowest BCUT2D eigenvalue weighted by molar-refractivity contribution is -0.121. The van der Waals surface area contributed by atoms with Crippen LogP contribution in [0.3, 0.4) is 0 Å². The maximum absolute atomic E-state index is 12.4. The first-order valence-corrected chi connectivity index (χ1v) is 9.20. The number of carbonyl (C=O) groups is 2. The minimum Gasteiger partial charge on any atom is -0.486 e. The van der Waals surface area contributed by atoms with Gasteiger partial charge in [-0.25, -0.2) is 0 Å². The number of ether oxygens (including phenoxy) is 2. The summed E-state index contributed by atoms with van der Waals surface area (Å²) < 4.78 is 11.1. The van der Waals surface area contributed by atoms with Crippen molar-refractivity contribution in [2.24, 2.45) is 0 Å². The van der Waals surface area contributed by atoms with Crippen molar-refractivity contribution in [1.29, 1.82) is 0 Å². The first kappa shape index (κ1) is 17.7. The largest absolute Gasteiger partial charge is 0.486 e. The molecule has 1 atom stereocenters. The Morgan fingerprint density at radius 1 is 1.11 bits per heavy atom. The highest BCUT2D eigenvalue weighted by Crippen LogP contribution is 2.35. The van der Waals surface area contributed by atoms with Gasteiger partial charge in [-0.15, -0.1) is 0 Å². The van der Waals surface area contributed by atoms with Gasteiger partial charge >= 0.3 is 0 Å². The molecular formula is C20H19ClN2O4. The fourth-order valence-corrected chi connectivity index (χ4v) is 3.45. The Morgan fingerprint density at radius 3 is 2.63 bits per heavy atom. The Labute approximate surface area is 162 Å². The second kappa shape index (κ2) is 7.48. The number of fused-ring (bicyclic) bond motifs is 1. The van der Waals surface area contributed by atoms with Crippen LogP contribution in [0.5, 0.6) is 11.5 Å². The van der Waals surface area contributed by atoms with Gasteiger partial charge in [-0.05, 0) is 29.8 Å². The molecule has 2 aliphatic heterocycles. The fourth-order valence-electron chi connectivity index (χ4n) is 3.32. The van der Waals surface area contributed by atoms with Crippen molar-refractivity contribution in [2.45, 2.75) is 18.9 Å². The molecule has 6 nitrogen and oxygen atoms in total. The highest BCUT2D eigenvalue weighted by Gasteiger charge is 2.32. The third kappa shape index (κ3) is 4.01. The number of anilines is 1. The summed E-state index contributed by atoms with van der Waals surface area (Å²) in [4.78, 5) is 26.4. The van der Waals surface area contributed by atoms with Crippen LogP contribution in [-0.4, -0.2) is 37.6 Å². The van der Waals surface area contributed by atoms with Crippen LogP contribution in [0, 0.1) is 0 Å². The van der Waals surface area contributed by atoms with E-state index >= 15 is 0 Å². The molecule has 1 saturated heterocycles. The van der Waals surface area contributed by atoms with E-state index < -0.39 is 0 Å². The van der Waals surface area contributed by atoms with Gasteiger partial charge in [-0.2, -0.15) is 0 Å². The average molecular weight is 387 g/mol. The molecule has 2 amide bonds. The van der Waals surface area contributed by atoms with Crippen LogP contribution in [0.15, 0.2) is 42.5 Å². The van der Waals surface area contributed by atoms with Gasteiger partial charge in [0.15, 0.2) is 11.5 Å². The Hall–Kier alpha value is -2.73. The van der Waals surface area contributed by atoms with Crippen LogP contribution >= 0.6 is 11.6 Å². The molecule has 0 aliphatic carbocycles. The third-order valence-corrected chi connectivity index (χ3v) is 4.86. The Morgan fingerprint density at radius 2 is 1.85 bits per heavy atom. The molecule has 0 saturated carbocycles. The average Bonchev–Trinajstić information content (AvgIpc) is 3.03. The number of rotatable bonds is 4. The molecule has 0 aromatic heterocycles. The van der Waals surface area contributed by atoms with E-state index in [1.165, 1.54) is 0 Å². The van der Waals surface area contributed by atoms with Crippen LogP contribution in [-0.2, 0) is 16.0 Å². The second-order valence-electron chi connectivity index (χ2n) is 6.60. The van der Waals surface area contributed by atoms with Gasteiger partial charge in [-0.1, -0.05) is 23.7 Å². The highest BCUT2D eigenvalue weighted by molar-refractivity contribution is 6.30. The summed E-state index contributed by atoms with van der Waals surface area (Å²) >= 11 is 5.86. The molecular weight excluding hydrogens is 368 g/mol. The molecule has 140 valence electrons. The van der Waals surface area contributed by atoms with Crippen LogP contribution in [0.1, 0.15) is 12.0 Å². The topological polar surface area (TPSA) is 67.9 Å². The molecule has 2 aromatic carbocycles. The number of nitrogens with zero attached hydrogens (tertiary/aromatic N) is 1. The number of halogens is 1.